The zero-order valence-electron chi connectivity index (χ0n) is 14.9. The molecule has 144 valence electrons. The van der Waals surface area contributed by atoms with Crippen LogP contribution in [0.15, 0.2) is 71.1 Å². The summed E-state index contributed by atoms with van der Waals surface area (Å²) in [6.45, 7) is 2.21. The van der Waals surface area contributed by atoms with Crippen molar-refractivity contribution in [3.05, 3.63) is 77.4 Å². The molecule has 2 aromatic carbocycles. The Balaban J connectivity index is 0.00000261. The van der Waals surface area contributed by atoms with Crippen molar-refractivity contribution in [1.29, 1.82) is 0 Å². The normalized spacial score (nSPS) is 14.0. The Kier molecular flexibility index (Phi) is 7.59. The fraction of sp³-hybridized carbons (Fsp3) is 0.250. The number of hydrogen-bond acceptors (Lipinski definition) is 4. The standard InChI is InChI=1S/C20H22N2O3S.ClH/c23-20(22-14-16-10-12-21-13-11-16)19-9-5-4-6-17(19)15-26(24,25)18-7-2-1-3-8-18;/h1-10,21H,11-15H2,(H,22,23);1H. The lowest BCUT2D eigenvalue weighted by Gasteiger charge is -2.15. The van der Waals surface area contributed by atoms with Crippen molar-refractivity contribution in [2.45, 2.75) is 17.1 Å². The molecule has 0 aliphatic carbocycles. The summed E-state index contributed by atoms with van der Waals surface area (Å²) in [6.07, 6.45) is 2.99. The van der Waals surface area contributed by atoms with Crippen LogP contribution in [0.1, 0.15) is 22.3 Å². The van der Waals surface area contributed by atoms with E-state index in [0.717, 1.165) is 19.5 Å². The molecule has 2 N–H and O–H groups in total. The molecule has 1 aliphatic rings. The van der Waals surface area contributed by atoms with Gasteiger partial charge in [-0.1, -0.05) is 48.0 Å². The van der Waals surface area contributed by atoms with E-state index >= 15 is 0 Å². The summed E-state index contributed by atoms with van der Waals surface area (Å²) < 4.78 is 25.3. The van der Waals surface area contributed by atoms with Gasteiger partial charge in [-0.3, -0.25) is 4.79 Å². The van der Waals surface area contributed by atoms with Crippen molar-refractivity contribution >= 4 is 28.2 Å². The van der Waals surface area contributed by atoms with Gasteiger partial charge in [0.2, 0.25) is 0 Å². The number of sulfone groups is 1. The van der Waals surface area contributed by atoms with Crippen molar-refractivity contribution in [3.63, 3.8) is 0 Å². The van der Waals surface area contributed by atoms with Crippen molar-refractivity contribution in [1.82, 2.24) is 10.6 Å². The quantitative estimate of drug-likeness (QED) is 0.723. The van der Waals surface area contributed by atoms with Gasteiger partial charge < -0.3 is 10.6 Å². The highest BCUT2D eigenvalue weighted by Crippen LogP contribution is 2.19. The predicted octanol–water partition coefficient (Wildman–Crippen LogP) is 2.73. The molecule has 1 amide bonds. The van der Waals surface area contributed by atoms with Crippen LogP contribution >= 0.6 is 12.4 Å². The minimum Gasteiger partial charge on any atom is -0.348 e. The van der Waals surface area contributed by atoms with E-state index in [1.54, 1.807) is 54.6 Å². The molecule has 1 heterocycles. The molecule has 1 aliphatic heterocycles. The minimum atomic E-state index is -3.50. The first-order valence-electron chi connectivity index (χ1n) is 8.59. The Morgan fingerprint density at radius 2 is 1.74 bits per heavy atom. The smallest absolute Gasteiger partial charge is 0.251 e. The molecule has 27 heavy (non-hydrogen) atoms. The monoisotopic (exact) mass is 406 g/mol. The number of halogens is 1. The van der Waals surface area contributed by atoms with Crippen LogP contribution in [0.2, 0.25) is 0 Å². The molecule has 0 spiro atoms. The Morgan fingerprint density at radius 1 is 1.04 bits per heavy atom. The Labute approximate surface area is 166 Å². The highest BCUT2D eigenvalue weighted by molar-refractivity contribution is 7.90. The van der Waals surface area contributed by atoms with Gasteiger partial charge in [0.05, 0.1) is 10.6 Å². The van der Waals surface area contributed by atoms with Crippen LogP contribution in [-0.2, 0) is 15.6 Å². The summed E-state index contributed by atoms with van der Waals surface area (Å²) in [7, 11) is -3.50. The molecule has 3 rings (SSSR count). The van der Waals surface area contributed by atoms with Gasteiger partial charge in [-0.05, 0) is 36.7 Å². The van der Waals surface area contributed by atoms with E-state index in [-0.39, 0.29) is 29.0 Å². The molecular formula is C20H23ClN2O3S. The van der Waals surface area contributed by atoms with Gasteiger partial charge >= 0.3 is 0 Å². The summed E-state index contributed by atoms with van der Waals surface area (Å²) >= 11 is 0. The van der Waals surface area contributed by atoms with Crippen molar-refractivity contribution in [2.75, 3.05) is 19.6 Å². The van der Waals surface area contributed by atoms with Crippen molar-refractivity contribution < 1.29 is 13.2 Å². The Morgan fingerprint density at radius 3 is 2.44 bits per heavy atom. The third-order valence-electron chi connectivity index (χ3n) is 4.34. The first kappa shape index (κ1) is 21.2. The van der Waals surface area contributed by atoms with Gasteiger partial charge in [0.1, 0.15) is 0 Å². The number of nitrogens with one attached hydrogen (secondary N) is 2. The molecule has 0 atom stereocenters. The van der Waals surface area contributed by atoms with Gasteiger partial charge in [0.25, 0.3) is 5.91 Å². The maximum atomic E-state index is 12.6. The Bertz CT molecular complexity index is 912. The lowest BCUT2D eigenvalue weighted by atomic mass is 10.1. The van der Waals surface area contributed by atoms with E-state index in [1.165, 1.54) is 5.57 Å². The second-order valence-corrected chi connectivity index (χ2v) is 8.22. The summed E-state index contributed by atoms with van der Waals surface area (Å²) in [6, 6.07) is 15.2. The van der Waals surface area contributed by atoms with Crippen LogP contribution in [-0.4, -0.2) is 34.0 Å². The second kappa shape index (κ2) is 9.69. The van der Waals surface area contributed by atoms with Crippen LogP contribution in [0.25, 0.3) is 0 Å². The van der Waals surface area contributed by atoms with E-state index in [1.807, 2.05) is 0 Å². The van der Waals surface area contributed by atoms with Crippen molar-refractivity contribution in [2.24, 2.45) is 0 Å². The summed E-state index contributed by atoms with van der Waals surface area (Å²) in [5, 5.41) is 6.13. The summed E-state index contributed by atoms with van der Waals surface area (Å²) in [4.78, 5) is 12.8. The average molecular weight is 407 g/mol. The third kappa shape index (κ3) is 5.66. The summed E-state index contributed by atoms with van der Waals surface area (Å²) in [5.41, 5.74) is 2.10. The van der Waals surface area contributed by atoms with Crippen molar-refractivity contribution in [3.8, 4) is 0 Å². The minimum absolute atomic E-state index is 0. The molecule has 7 heteroatoms. The first-order chi connectivity index (χ1) is 12.6. The van der Waals surface area contributed by atoms with Gasteiger partial charge in [0.15, 0.2) is 9.84 Å². The zero-order chi connectivity index (χ0) is 18.4. The molecule has 2 aromatic rings. The molecule has 0 fully saturated rings. The number of carbonyl (C=O) groups is 1. The lowest BCUT2D eigenvalue weighted by molar-refractivity contribution is 0.0956. The molecule has 0 bridgehead atoms. The fourth-order valence-electron chi connectivity index (χ4n) is 2.90. The van der Waals surface area contributed by atoms with Crippen LogP contribution in [0.3, 0.4) is 0 Å². The predicted molar refractivity (Wildman–Crippen MR) is 109 cm³/mol. The maximum absolute atomic E-state index is 12.6. The first-order valence-corrected chi connectivity index (χ1v) is 10.2. The number of carbonyl (C=O) groups excluding carboxylic acids is 1. The average Bonchev–Trinajstić information content (AvgIpc) is 2.68. The molecule has 0 saturated heterocycles. The zero-order valence-corrected chi connectivity index (χ0v) is 16.5. The van der Waals surface area contributed by atoms with E-state index in [4.69, 9.17) is 0 Å². The second-order valence-electron chi connectivity index (χ2n) is 6.23. The maximum Gasteiger partial charge on any atom is 0.251 e. The molecule has 0 saturated carbocycles. The molecule has 5 nitrogen and oxygen atoms in total. The van der Waals surface area contributed by atoms with Gasteiger partial charge in [-0.15, -0.1) is 12.4 Å². The van der Waals surface area contributed by atoms with Gasteiger partial charge in [0, 0.05) is 18.7 Å². The number of amides is 1. The molecule has 0 unspecified atom stereocenters. The van der Waals surface area contributed by atoms with E-state index in [0.29, 0.717) is 17.7 Å². The highest BCUT2D eigenvalue weighted by atomic mass is 35.5. The number of rotatable bonds is 6. The topological polar surface area (TPSA) is 75.3 Å². The largest absolute Gasteiger partial charge is 0.348 e. The van der Waals surface area contributed by atoms with Crippen LogP contribution in [0.4, 0.5) is 0 Å². The lowest BCUT2D eigenvalue weighted by Crippen LogP contribution is -2.30. The van der Waals surface area contributed by atoms with Gasteiger partial charge in [-0.25, -0.2) is 8.42 Å². The van der Waals surface area contributed by atoms with E-state index in [9.17, 15) is 13.2 Å². The summed E-state index contributed by atoms with van der Waals surface area (Å²) in [5.74, 6) is -0.448. The molecular weight excluding hydrogens is 384 g/mol. The van der Waals surface area contributed by atoms with Crippen LogP contribution < -0.4 is 10.6 Å². The van der Waals surface area contributed by atoms with Gasteiger partial charge in [-0.2, -0.15) is 0 Å². The van der Waals surface area contributed by atoms with E-state index < -0.39 is 9.84 Å². The number of hydrogen-bond donors (Lipinski definition) is 2. The van der Waals surface area contributed by atoms with Crippen LogP contribution in [0, 0.1) is 0 Å². The Hall–Kier alpha value is -2.15. The SMILES string of the molecule is Cl.O=C(NCC1=CCNCC1)c1ccccc1CS(=O)(=O)c1ccccc1. The highest BCUT2D eigenvalue weighted by Gasteiger charge is 2.19. The molecule has 0 aromatic heterocycles. The fourth-order valence-corrected chi connectivity index (χ4v) is 4.30. The van der Waals surface area contributed by atoms with E-state index in [2.05, 4.69) is 16.7 Å². The number of benzene rings is 2. The van der Waals surface area contributed by atoms with Crippen LogP contribution in [0.5, 0.6) is 0 Å². The third-order valence-corrected chi connectivity index (χ3v) is 6.03. The molecule has 0 radical (unpaired) electrons.